The molecule has 0 atom stereocenters. The molecule has 0 aromatic heterocycles. The lowest BCUT2D eigenvalue weighted by molar-refractivity contribution is -0.118. The Bertz CT molecular complexity index is 1250. The van der Waals surface area contributed by atoms with Crippen LogP contribution in [0.25, 0.3) is 0 Å². The van der Waals surface area contributed by atoms with Gasteiger partial charge in [-0.15, -0.1) is 0 Å². The molecule has 3 aromatic carbocycles. The highest BCUT2D eigenvalue weighted by atomic mass is 35.5. The largest absolute Gasteiger partial charge is 0.494 e. The van der Waals surface area contributed by atoms with Crippen LogP contribution in [0.4, 0.5) is 11.4 Å². The number of carbonyl (C=O) groups excluding carboxylic acids is 1. The molecule has 3 aromatic rings. The average Bonchev–Trinajstić information content (AvgIpc) is 2.77. The summed E-state index contributed by atoms with van der Waals surface area (Å²) in [5.74, 6) is 0.326. The van der Waals surface area contributed by atoms with Gasteiger partial charge in [0.05, 0.1) is 26.6 Å². The van der Waals surface area contributed by atoms with Crippen molar-refractivity contribution in [1.82, 2.24) is 0 Å². The third-order valence-corrected chi connectivity index (χ3v) is 6.61. The molecule has 2 N–H and O–H groups in total. The lowest BCUT2D eigenvalue weighted by Crippen LogP contribution is -2.20. The number of ether oxygens (including phenoxy) is 2. The van der Waals surface area contributed by atoms with Crippen molar-refractivity contribution in [3.05, 3.63) is 75.7 Å². The number of halogens is 3. The van der Waals surface area contributed by atoms with Gasteiger partial charge in [0, 0.05) is 11.4 Å². The van der Waals surface area contributed by atoms with Crippen molar-refractivity contribution in [2.75, 3.05) is 23.3 Å². The van der Waals surface area contributed by atoms with Gasteiger partial charge in [-0.05, 0) is 67.6 Å². The first-order valence-corrected chi connectivity index (χ1v) is 12.2. The van der Waals surface area contributed by atoms with E-state index < -0.39 is 15.9 Å². The van der Waals surface area contributed by atoms with Crippen molar-refractivity contribution in [1.29, 1.82) is 0 Å². The number of benzene rings is 3. The van der Waals surface area contributed by atoms with Gasteiger partial charge in [-0.2, -0.15) is 0 Å². The van der Waals surface area contributed by atoms with Crippen LogP contribution in [0.2, 0.25) is 15.1 Å². The van der Waals surface area contributed by atoms with E-state index in [4.69, 9.17) is 44.3 Å². The second-order valence-electron chi connectivity index (χ2n) is 6.62. The predicted octanol–water partition coefficient (Wildman–Crippen LogP) is 5.86. The minimum atomic E-state index is -3.89. The topological polar surface area (TPSA) is 93.7 Å². The molecule has 7 nitrogen and oxygen atoms in total. The molecule has 0 saturated carbocycles. The molecule has 11 heteroatoms. The lowest BCUT2D eigenvalue weighted by atomic mass is 10.3. The van der Waals surface area contributed by atoms with Crippen LogP contribution in [-0.2, 0) is 14.8 Å². The number of rotatable bonds is 9. The van der Waals surface area contributed by atoms with E-state index in [1.54, 1.807) is 36.4 Å². The molecule has 0 unspecified atom stereocenters. The van der Waals surface area contributed by atoms with E-state index in [1.165, 1.54) is 24.3 Å². The molecule has 0 saturated heterocycles. The molecule has 0 fully saturated rings. The molecule has 0 aliphatic rings. The maximum Gasteiger partial charge on any atom is 0.262 e. The van der Waals surface area contributed by atoms with Gasteiger partial charge >= 0.3 is 0 Å². The van der Waals surface area contributed by atoms with Crippen LogP contribution in [0.5, 0.6) is 11.5 Å². The molecular formula is C22H19Cl3N2O5S. The second-order valence-corrected chi connectivity index (χ2v) is 9.52. The van der Waals surface area contributed by atoms with Crippen LogP contribution in [0, 0.1) is 0 Å². The number of hydrogen-bond acceptors (Lipinski definition) is 5. The molecule has 0 bridgehead atoms. The highest BCUT2D eigenvalue weighted by molar-refractivity contribution is 7.92. The Morgan fingerprint density at radius 3 is 2.18 bits per heavy atom. The smallest absolute Gasteiger partial charge is 0.262 e. The van der Waals surface area contributed by atoms with Crippen molar-refractivity contribution < 1.29 is 22.7 Å². The van der Waals surface area contributed by atoms with Crippen LogP contribution in [0.1, 0.15) is 6.92 Å². The van der Waals surface area contributed by atoms with Crippen molar-refractivity contribution in [2.45, 2.75) is 11.8 Å². The fourth-order valence-corrected chi connectivity index (χ4v) is 4.36. The summed E-state index contributed by atoms with van der Waals surface area (Å²) < 4.78 is 38.6. The summed E-state index contributed by atoms with van der Waals surface area (Å²) in [5.41, 5.74) is 0.819. The lowest BCUT2D eigenvalue weighted by Gasteiger charge is -2.12. The van der Waals surface area contributed by atoms with E-state index in [0.717, 1.165) is 0 Å². The number of carbonyl (C=O) groups is 1. The predicted molar refractivity (Wildman–Crippen MR) is 130 cm³/mol. The fraction of sp³-hybridized carbons (Fsp3) is 0.136. The fourth-order valence-electron chi connectivity index (χ4n) is 2.68. The van der Waals surface area contributed by atoms with Gasteiger partial charge in [-0.25, -0.2) is 8.42 Å². The highest BCUT2D eigenvalue weighted by Crippen LogP contribution is 2.29. The van der Waals surface area contributed by atoms with Gasteiger partial charge in [0.25, 0.3) is 15.9 Å². The number of sulfonamides is 1. The Kier molecular flexibility index (Phi) is 8.31. The molecule has 3 rings (SSSR count). The van der Waals surface area contributed by atoms with Crippen molar-refractivity contribution >= 4 is 62.1 Å². The Labute approximate surface area is 206 Å². The minimum Gasteiger partial charge on any atom is -0.494 e. The van der Waals surface area contributed by atoms with Crippen molar-refractivity contribution in [2.24, 2.45) is 0 Å². The first-order valence-electron chi connectivity index (χ1n) is 9.61. The minimum absolute atomic E-state index is 0.0342. The van der Waals surface area contributed by atoms with E-state index in [-0.39, 0.29) is 22.3 Å². The summed E-state index contributed by atoms with van der Waals surface area (Å²) in [6, 6.07) is 15.1. The summed E-state index contributed by atoms with van der Waals surface area (Å²) in [4.78, 5) is 12.1. The number of nitrogens with one attached hydrogen (secondary N) is 2. The standard InChI is InChI=1S/C22H19Cl3N2O5S/c1-2-31-16-6-3-14(4-7-16)27-33(29,30)17-8-10-21(20(25)12-17)32-13-22(28)26-15-5-9-18(23)19(24)11-15/h3-12,27H,2,13H2,1H3,(H,26,28). The van der Waals surface area contributed by atoms with Crippen molar-refractivity contribution in [3.8, 4) is 11.5 Å². The van der Waals surface area contributed by atoms with E-state index in [2.05, 4.69) is 10.0 Å². The van der Waals surface area contributed by atoms with Gasteiger partial charge in [0.2, 0.25) is 0 Å². The first-order chi connectivity index (χ1) is 15.7. The summed E-state index contributed by atoms with van der Waals surface area (Å²) in [6.45, 7) is 2.02. The summed E-state index contributed by atoms with van der Waals surface area (Å²) in [6.07, 6.45) is 0. The maximum atomic E-state index is 12.7. The van der Waals surface area contributed by atoms with E-state index in [0.29, 0.717) is 33.8 Å². The van der Waals surface area contributed by atoms with E-state index in [1.807, 2.05) is 6.92 Å². The monoisotopic (exact) mass is 528 g/mol. The molecule has 0 spiro atoms. The van der Waals surface area contributed by atoms with E-state index in [9.17, 15) is 13.2 Å². The number of anilines is 2. The van der Waals surface area contributed by atoms with Crippen LogP contribution < -0.4 is 19.5 Å². The van der Waals surface area contributed by atoms with Crippen molar-refractivity contribution in [3.63, 3.8) is 0 Å². The third kappa shape index (κ3) is 6.91. The van der Waals surface area contributed by atoms with Crippen LogP contribution in [0.15, 0.2) is 65.6 Å². The van der Waals surface area contributed by atoms with Crippen LogP contribution in [0.3, 0.4) is 0 Å². The molecule has 0 heterocycles. The maximum absolute atomic E-state index is 12.7. The second kappa shape index (κ2) is 11.0. The Hall–Kier alpha value is -2.65. The highest BCUT2D eigenvalue weighted by Gasteiger charge is 2.17. The van der Waals surface area contributed by atoms with Crippen LogP contribution >= 0.6 is 34.8 Å². The molecule has 0 aliphatic heterocycles. The quantitative estimate of drug-likeness (QED) is 0.362. The zero-order valence-corrected chi connectivity index (χ0v) is 20.4. The Balaban J connectivity index is 1.62. The molecule has 0 radical (unpaired) electrons. The van der Waals surface area contributed by atoms with Gasteiger partial charge in [-0.1, -0.05) is 34.8 Å². The van der Waals surface area contributed by atoms with Gasteiger partial charge in [0.15, 0.2) is 6.61 Å². The summed E-state index contributed by atoms with van der Waals surface area (Å²) >= 11 is 17.9. The molecule has 1 amide bonds. The molecule has 0 aliphatic carbocycles. The molecular weight excluding hydrogens is 511 g/mol. The summed E-state index contributed by atoms with van der Waals surface area (Å²) in [5, 5.41) is 3.31. The van der Waals surface area contributed by atoms with Gasteiger partial charge in [0.1, 0.15) is 11.5 Å². The zero-order valence-electron chi connectivity index (χ0n) is 17.3. The first kappa shape index (κ1) is 25.0. The SMILES string of the molecule is CCOc1ccc(NS(=O)(=O)c2ccc(OCC(=O)Nc3ccc(Cl)c(Cl)c3)c(Cl)c2)cc1. The average molecular weight is 530 g/mol. The van der Waals surface area contributed by atoms with Gasteiger partial charge in [-0.3, -0.25) is 9.52 Å². The van der Waals surface area contributed by atoms with Crippen LogP contribution in [-0.4, -0.2) is 27.5 Å². The molecule has 174 valence electrons. The Morgan fingerprint density at radius 1 is 0.848 bits per heavy atom. The number of hydrogen-bond donors (Lipinski definition) is 2. The molecule has 33 heavy (non-hydrogen) atoms. The van der Waals surface area contributed by atoms with E-state index >= 15 is 0 Å². The third-order valence-electron chi connectivity index (χ3n) is 4.19. The number of amides is 1. The van der Waals surface area contributed by atoms with Gasteiger partial charge < -0.3 is 14.8 Å². The normalized spacial score (nSPS) is 11.0. The zero-order chi connectivity index (χ0) is 24.0. The summed E-state index contributed by atoms with van der Waals surface area (Å²) in [7, 11) is -3.89. The Morgan fingerprint density at radius 2 is 1.55 bits per heavy atom.